The number of aryl methyl sites for hydroxylation is 1. The van der Waals surface area contributed by atoms with E-state index < -0.39 is 0 Å². The highest BCUT2D eigenvalue weighted by atomic mass is 79.9. The van der Waals surface area contributed by atoms with Crippen molar-refractivity contribution in [1.29, 1.82) is 0 Å². The summed E-state index contributed by atoms with van der Waals surface area (Å²) in [7, 11) is 1.89. The van der Waals surface area contributed by atoms with Gasteiger partial charge in [-0.2, -0.15) is 0 Å². The zero-order valence-electron chi connectivity index (χ0n) is 10.2. The fourth-order valence-corrected chi connectivity index (χ4v) is 1.65. The predicted octanol–water partition coefficient (Wildman–Crippen LogP) is 2.78. The molecule has 2 aromatic heterocycles. The van der Waals surface area contributed by atoms with Gasteiger partial charge in [0.25, 0.3) is 0 Å². The standard InChI is InChI=1S/C12H14BrN5/c1-7-4-9-10(17-12(7)14)5-11(16-9)18(3)6-15-8(2)13/h4-6,16H,2H2,1,3H3,(H2,14,17)/b15-6-. The average molecular weight is 308 g/mol. The molecule has 6 heteroatoms. The number of aromatic amines is 1. The Morgan fingerprint density at radius 3 is 3.00 bits per heavy atom. The Morgan fingerprint density at radius 1 is 1.61 bits per heavy atom. The first-order valence-electron chi connectivity index (χ1n) is 5.34. The van der Waals surface area contributed by atoms with Gasteiger partial charge in [-0.3, -0.25) is 0 Å². The monoisotopic (exact) mass is 307 g/mol. The maximum atomic E-state index is 5.79. The van der Waals surface area contributed by atoms with Crippen LogP contribution in [0.25, 0.3) is 11.0 Å². The zero-order chi connectivity index (χ0) is 13.3. The molecular formula is C12H14BrN5. The molecule has 2 rings (SSSR count). The number of nitrogens with zero attached hydrogens (tertiary/aromatic N) is 3. The number of aliphatic imine (C=N–C) groups is 1. The molecule has 2 heterocycles. The number of aromatic nitrogens is 2. The molecule has 5 nitrogen and oxygen atoms in total. The largest absolute Gasteiger partial charge is 0.383 e. The van der Waals surface area contributed by atoms with Crippen LogP contribution in [0.1, 0.15) is 5.56 Å². The molecule has 0 aliphatic rings. The molecule has 94 valence electrons. The number of hydrogen-bond donors (Lipinski definition) is 2. The second kappa shape index (κ2) is 4.81. The van der Waals surface area contributed by atoms with Crippen LogP contribution >= 0.6 is 15.9 Å². The number of anilines is 2. The van der Waals surface area contributed by atoms with E-state index in [2.05, 4.69) is 37.5 Å². The third kappa shape index (κ3) is 2.53. The highest BCUT2D eigenvalue weighted by molar-refractivity contribution is 9.11. The van der Waals surface area contributed by atoms with Gasteiger partial charge in [0, 0.05) is 13.1 Å². The van der Waals surface area contributed by atoms with E-state index >= 15 is 0 Å². The topological polar surface area (TPSA) is 70.3 Å². The van der Waals surface area contributed by atoms with E-state index in [0.717, 1.165) is 22.4 Å². The molecule has 0 saturated heterocycles. The summed E-state index contributed by atoms with van der Waals surface area (Å²) in [6.07, 6.45) is 1.66. The highest BCUT2D eigenvalue weighted by Gasteiger charge is 2.07. The first-order chi connectivity index (χ1) is 8.47. The lowest BCUT2D eigenvalue weighted by atomic mass is 10.2. The summed E-state index contributed by atoms with van der Waals surface area (Å²) in [5, 5.41) is 0. The first-order valence-corrected chi connectivity index (χ1v) is 6.14. The summed E-state index contributed by atoms with van der Waals surface area (Å²) in [5.41, 5.74) is 8.54. The van der Waals surface area contributed by atoms with Crippen molar-refractivity contribution in [1.82, 2.24) is 9.97 Å². The van der Waals surface area contributed by atoms with Crippen molar-refractivity contribution < 1.29 is 0 Å². The van der Waals surface area contributed by atoms with Crippen molar-refractivity contribution in [2.75, 3.05) is 17.7 Å². The van der Waals surface area contributed by atoms with Crippen molar-refractivity contribution >= 4 is 44.9 Å². The minimum Gasteiger partial charge on any atom is -0.383 e. The lowest BCUT2D eigenvalue weighted by Crippen LogP contribution is -2.14. The number of nitrogens with one attached hydrogen (secondary N) is 1. The first kappa shape index (κ1) is 12.6. The number of fused-ring (bicyclic) bond motifs is 1. The van der Waals surface area contributed by atoms with Gasteiger partial charge in [-0.15, -0.1) is 0 Å². The molecule has 0 saturated carbocycles. The van der Waals surface area contributed by atoms with Gasteiger partial charge in [-0.25, -0.2) is 9.98 Å². The van der Waals surface area contributed by atoms with Crippen LogP contribution in [0.3, 0.4) is 0 Å². The molecule has 0 radical (unpaired) electrons. The second-order valence-electron chi connectivity index (χ2n) is 4.01. The van der Waals surface area contributed by atoms with Crippen molar-refractivity contribution in [2.45, 2.75) is 6.92 Å². The Morgan fingerprint density at radius 2 is 2.33 bits per heavy atom. The number of nitrogens with two attached hydrogens (primary N) is 1. The number of hydrogen-bond acceptors (Lipinski definition) is 3. The fourth-order valence-electron chi connectivity index (χ4n) is 1.56. The number of halogens is 1. The molecule has 0 bridgehead atoms. The van der Waals surface area contributed by atoms with Gasteiger partial charge in [0.05, 0.1) is 17.4 Å². The summed E-state index contributed by atoms with van der Waals surface area (Å²) in [4.78, 5) is 13.5. The number of rotatable bonds is 3. The zero-order valence-corrected chi connectivity index (χ0v) is 11.8. The molecular weight excluding hydrogens is 294 g/mol. The van der Waals surface area contributed by atoms with E-state index in [0.29, 0.717) is 10.4 Å². The maximum Gasteiger partial charge on any atom is 0.127 e. The summed E-state index contributed by atoms with van der Waals surface area (Å²) < 4.78 is 0.573. The van der Waals surface area contributed by atoms with Gasteiger partial charge < -0.3 is 15.6 Å². The minimum atomic E-state index is 0.554. The lowest BCUT2D eigenvalue weighted by molar-refractivity contribution is 1.22. The molecule has 0 aromatic carbocycles. The van der Waals surface area contributed by atoms with Gasteiger partial charge in [0.1, 0.15) is 16.2 Å². The van der Waals surface area contributed by atoms with Crippen molar-refractivity contribution in [3.05, 3.63) is 28.9 Å². The van der Waals surface area contributed by atoms with E-state index in [-0.39, 0.29) is 0 Å². The van der Waals surface area contributed by atoms with Gasteiger partial charge in [-0.1, -0.05) is 6.58 Å². The molecule has 0 amide bonds. The van der Waals surface area contributed by atoms with E-state index in [4.69, 9.17) is 5.73 Å². The minimum absolute atomic E-state index is 0.554. The summed E-state index contributed by atoms with van der Waals surface area (Å²) in [6, 6.07) is 3.91. The third-order valence-electron chi connectivity index (χ3n) is 2.57. The van der Waals surface area contributed by atoms with Crippen molar-refractivity contribution in [2.24, 2.45) is 4.99 Å². The van der Waals surface area contributed by atoms with Crippen LogP contribution < -0.4 is 10.6 Å². The molecule has 18 heavy (non-hydrogen) atoms. The quantitative estimate of drug-likeness (QED) is 0.520. The molecule has 0 fully saturated rings. The van der Waals surface area contributed by atoms with Gasteiger partial charge >= 0.3 is 0 Å². The number of H-pyrrole nitrogens is 1. The molecule has 3 N–H and O–H groups in total. The molecule has 0 spiro atoms. The Labute approximate surface area is 114 Å². The van der Waals surface area contributed by atoms with Gasteiger partial charge in [0.15, 0.2) is 0 Å². The molecule has 0 aliphatic heterocycles. The van der Waals surface area contributed by atoms with Crippen LogP contribution in [0.15, 0.2) is 28.3 Å². The van der Waals surface area contributed by atoms with Crippen molar-refractivity contribution in [3.63, 3.8) is 0 Å². The predicted molar refractivity (Wildman–Crippen MR) is 80.2 cm³/mol. The smallest absolute Gasteiger partial charge is 0.127 e. The lowest BCUT2D eigenvalue weighted by Gasteiger charge is -2.09. The van der Waals surface area contributed by atoms with Crippen LogP contribution in [-0.2, 0) is 0 Å². The van der Waals surface area contributed by atoms with Crippen LogP contribution in [0.5, 0.6) is 0 Å². The van der Waals surface area contributed by atoms with E-state index in [9.17, 15) is 0 Å². The summed E-state index contributed by atoms with van der Waals surface area (Å²) >= 11 is 3.17. The Hall–Kier alpha value is -1.82. The fraction of sp³-hybridized carbons (Fsp3) is 0.167. The Kier molecular flexibility index (Phi) is 3.38. The normalized spacial score (nSPS) is 11.3. The van der Waals surface area contributed by atoms with Gasteiger partial charge in [0.2, 0.25) is 0 Å². The summed E-state index contributed by atoms with van der Waals surface area (Å²) in [6.45, 7) is 5.57. The molecule has 0 unspecified atom stereocenters. The Bertz CT molecular complexity index is 590. The second-order valence-corrected chi connectivity index (χ2v) is 4.92. The van der Waals surface area contributed by atoms with E-state index in [1.165, 1.54) is 0 Å². The number of nitrogen functional groups attached to an aromatic ring is 1. The highest BCUT2D eigenvalue weighted by Crippen LogP contribution is 2.22. The molecule has 0 atom stereocenters. The van der Waals surface area contributed by atoms with Crippen LogP contribution in [0.2, 0.25) is 0 Å². The Balaban J connectivity index is 2.38. The van der Waals surface area contributed by atoms with Gasteiger partial charge in [-0.05, 0) is 34.5 Å². The SMILES string of the molecule is C=C(Br)/N=C\N(C)c1cc2nc(N)c(C)cc2[nH]1. The van der Waals surface area contributed by atoms with Crippen LogP contribution in [0.4, 0.5) is 11.6 Å². The third-order valence-corrected chi connectivity index (χ3v) is 2.77. The number of pyridine rings is 1. The van der Waals surface area contributed by atoms with Crippen molar-refractivity contribution in [3.8, 4) is 0 Å². The van der Waals surface area contributed by atoms with Crippen LogP contribution in [-0.4, -0.2) is 23.4 Å². The molecule has 0 aliphatic carbocycles. The van der Waals surface area contributed by atoms with Crippen LogP contribution in [0, 0.1) is 6.92 Å². The molecule has 2 aromatic rings. The summed E-state index contributed by atoms with van der Waals surface area (Å²) in [5.74, 6) is 1.44. The van der Waals surface area contributed by atoms with E-state index in [1.807, 2.05) is 31.0 Å². The average Bonchev–Trinajstić information content (AvgIpc) is 2.69. The maximum absolute atomic E-state index is 5.79. The van der Waals surface area contributed by atoms with E-state index in [1.54, 1.807) is 6.34 Å².